The lowest BCUT2D eigenvalue weighted by Crippen LogP contribution is -2.30. The van der Waals surface area contributed by atoms with E-state index in [4.69, 9.17) is 0 Å². The summed E-state index contributed by atoms with van der Waals surface area (Å²) in [5, 5.41) is 9.13. The second-order valence-electron chi connectivity index (χ2n) is 3.60. The maximum Gasteiger partial charge on any atom is 0.247 e. The van der Waals surface area contributed by atoms with Gasteiger partial charge in [-0.05, 0) is 19.9 Å². The number of hydrogen-bond acceptors (Lipinski definition) is 5. The van der Waals surface area contributed by atoms with Crippen molar-refractivity contribution in [2.45, 2.75) is 24.6 Å². The van der Waals surface area contributed by atoms with Crippen LogP contribution in [0.5, 0.6) is 0 Å². The fourth-order valence-electron chi connectivity index (χ4n) is 0.976. The van der Waals surface area contributed by atoms with E-state index in [1.807, 2.05) is 0 Å². The van der Waals surface area contributed by atoms with Crippen LogP contribution in [0.3, 0.4) is 0 Å². The Hall–Kier alpha value is -1.01. The first-order chi connectivity index (χ1) is 6.31. The highest BCUT2D eigenvalue weighted by atomic mass is 32.2. The molecule has 1 aromatic heterocycles. The molecule has 78 valence electrons. The molecule has 0 spiro atoms. The van der Waals surface area contributed by atoms with Crippen molar-refractivity contribution in [1.82, 2.24) is 9.97 Å². The van der Waals surface area contributed by atoms with E-state index in [1.165, 1.54) is 32.3 Å². The highest BCUT2D eigenvalue weighted by Crippen LogP contribution is 2.11. The van der Waals surface area contributed by atoms with Gasteiger partial charge in [-0.2, -0.15) is 0 Å². The molecule has 14 heavy (non-hydrogen) atoms. The van der Waals surface area contributed by atoms with Crippen molar-refractivity contribution in [3.63, 3.8) is 0 Å². The van der Waals surface area contributed by atoms with Crippen LogP contribution < -0.4 is 0 Å². The SMILES string of the molecule is CC(C)(O)CS(=O)(=O)c1ncccn1. The van der Waals surface area contributed by atoms with Crippen LogP contribution in [0.15, 0.2) is 23.6 Å². The Morgan fingerprint density at radius 2 is 1.86 bits per heavy atom. The Balaban J connectivity index is 2.99. The summed E-state index contributed by atoms with van der Waals surface area (Å²) >= 11 is 0. The average Bonchev–Trinajstić information content (AvgIpc) is 2.01. The predicted octanol–water partition coefficient (Wildman–Crippen LogP) is 0.0212. The van der Waals surface area contributed by atoms with Crippen LogP contribution in [0, 0.1) is 0 Å². The molecule has 0 radical (unpaired) electrons. The molecule has 0 aliphatic rings. The number of rotatable bonds is 3. The molecule has 0 bridgehead atoms. The number of aliphatic hydroxyl groups is 1. The molecule has 0 aromatic carbocycles. The summed E-state index contributed by atoms with van der Waals surface area (Å²) in [6.07, 6.45) is 2.70. The first kappa shape index (κ1) is 11.1. The minimum Gasteiger partial charge on any atom is -0.389 e. The van der Waals surface area contributed by atoms with Gasteiger partial charge in [-0.1, -0.05) is 0 Å². The monoisotopic (exact) mass is 216 g/mol. The molecular formula is C8H12N2O3S. The summed E-state index contributed by atoms with van der Waals surface area (Å²) in [6, 6.07) is 1.53. The number of nitrogens with zero attached hydrogens (tertiary/aromatic N) is 2. The van der Waals surface area contributed by atoms with Crippen molar-refractivity contribution in [2.75, 3.05) is 5.75 Å². The number of aromatic nitrogens is 2. The fraction of sp³-hybridized carbons (Fsp3) is 0.500. The third-order valence-corrected chi connectivity index (χ3v) is 3.22. The molecule has 0 fully saturated rings. The van der Waals surface area contributed by atoms with Crippen molar-refractivity contribution in [1.29, 1.82) is 0 Å². The Morgan fingerprint density at radius 1 is 1.36 bits per heavy atom. The molecule has 1 rings (SSSR count). The lowest BCUT2D eigenvalue weighted by molar-refractivity contribution is 0.105. The standard InChI is InChI=1S/C8H12N2O3S/c1-8(2,11)6-14(12,13)7-9-4-3-5-10-7/h3-5,11H,6H2,1-2H3. The topological polar surface area (TPSA) is 80.1 Å². The zero-order valence-corrected chi connectivity index (χ0v) is 8.82. The van der Waals surface area contributed by atoms with Gasteiger partial charge in [0.1, 0.15) is 0 Å². The van der Waals surface area contributed by atoms with Gasteiger partial charge in [0.25, 0.3) is 0 Å². The fourth-order valence-corrected chi connectivity index (χ4v) is 2.48. The Kier molecular flexibility index (Phi) is 2.86. The Bertz CT molecular complexity index is 394. The minimum atomic E-state index is -3.59. The van der Waals surface area contributed by atoms with E-state index in [2.05, 4.69) is 9.97 Å². The zero-order chi connectivity index (χ0) is 10.8. The van der Waals surface area contributed by atoms with Crippen molar-refractivity contribution >= 4 is 9.84 Å². The molecule has 6 heteroatoms. The van der Waals surface area contributed by atoms with Crippen LogP contribution in [0.2, 0.25) is 0 Å². The molecule has 1 heterocycles. The third-order valence-electron chi connectivity index (χ3n) is 1.36. The van der Waals surface area contributed by atoms with Gasteiger partial charge in [0.05, 0.1) is 11.4 Å². The third kappa shape index (κ3) is 3.04. The van der Waals surface area contributed by atoms with Gasteiger partial charge in [0, 0.05) is 12.4 Å². The molecule has 1 aromatic rings. The average molecular weight is 216 g/mol. The van der Waals surface area contributed by atoms with E-state index < -0.39 is 15.4 Å². The molecule has 0 saturated heterocycles. The lowest BCUT2D eigenvalue weighted by atomic mass is 10.2. The summed E-state index contributed by atoms with van der Waals surface area (Å²) in [5.41, 5.74) is -1.28. The first-order valence-electron chi connectivity index (χ1n) is 4.03. The van der Waals surface area contributed by atoms with Crippen molar-refractivity contribution in [3.05, 3.63) is 18.5 Å². The van der Waals surface area contributed by atoms with Crippen molar-refractivity contribution in [3.8, 4) is 0 Å². The van der Waals surface area contributed by atoms with E-state index >= 15 is 0 Å². The van der Waals surface area contributed by atoms with Crippen LogP contribution >= 0.6 is 0 Å². The van der Waals surface area contributed by atoms with E-state index in [-0.39, 0.29) is 10.9 Å². The molecule has 5 nitrogen and oxygen atoms in total. The van der Waals surface area contributed by atoms with Gasteiger partial charge < -0.3 is 5.11 Å². The van der Waals surface area contributed by atoms with Crippen LogP contribution in [0.1, 0.15) is 13.8 Å². The Labute approximate surface area is 82.8 Å². The first-order valence-corrected chi connectivity index (χ1v) is 5.69. The highest BCUT2D eigenvalue weighted by Gasteiger charge is 2.26. The van der Waals surface area contributed by atoms with E-state index in [0.717, 1.165) is 0 Å². The minimum absolute atomic E-state index is 0.248. The largest absolute Gasteiger partial charge is 0.389 e. The molecule has 0 atom stereocenters. The second-order valence-corrected chi connectivity index (χ2v) is 5.49. The van der Waals surface area contributed by atoms with Crippen molar-refractivity contribution in [2.24, 2.45) is 0 Å². The van der Waals surface area contributed by atoms with Gasteiger partial charge in [-0.25, -0.2) is 18.4 Å². The molecule has 1 N–H and O–H groups in total. The van der Waals surface area contributed by atoms with E-state index in [1.54, 1.807) is 0 Å². The smallest absolute Gasteiger partial charge is 0.247 e. The zero-order valence-electron chi connectivity index (χ0n) is 8.01. The molecule has 0 aliphatic carbocycles. The van der Waals surface area contributed by atoms with E-state index in [0.29, 0.717) is 0 Å². The second kappa shape index (κ2) is 3.62. The molecule has 0 saturated carbocycles. The predicted molar refractivity (Wildman–Crippen MR) is 50.4 cm³/mol. The maximum atomic E-state index is 11.6. The van der Waals surface area contributed by atoms with Crippen LogP contribution in [0.4, 0.5) is 0 Å². The summed E-state index contributed by atoms with van der Waals surface area (Å²) in [7, 11) is -3.59. The lowest BCUT2D eigenvalue weighted by Gasteiger charge is -2.15. The highest BCUT2D eigenvalue weighted by molar-refractivity contribution is 7.91. The van der Waals surface area contributed by atoms with E-state index in [9.17, 15) is 13.5 Å². The van der Waals surface area contributed by atoms with Gasteiger partial charge in [-0.15, -0.1) is 0 Å². The summed E-state index contributed by atoms with van der Waals surface area (Å²) < 4.78 is 23.1. The Morgan fingerprint density at radius 3 is 2.29 bits per heavy atom. The van der Waals surface area contributed by atoms with Crippen LogP contribution in [-0.2, 0) is 9.84 Å². The van der Waals surface area contributed by atoms with Crippen LogP contribution in [-0.4, -0.2) is 34.8 Å². The summed E-state index contributed by atoms with van der Waals surface area (Å²) in [5.74, 6) is -0.385. The van der Waals surface area contributed by atoms with Gasteiger partial charge in [0.2, 0.25) is 15.0 Å². The summed E-state index contributed by atoms with van der Waals surface area (Å²) in [4.78, 5) is 7.25. The molecule has 0 amide bonds. The number of sulfone groups is 1. The molecular weight excluding hydrogens is 204 g/mol. The summed E-state index contributed by atoms with van der Waals surface area (Å²) in [6.45, 7) is 2.85. The maximum absolute atomic E-state index is 11.6. The normalized spacial score (nSPS) is 12.8. The number of hydrogen-bond donors (Lipinski definition) is 1. The van der Waals surface area contributed by atoms with Gasteiger partial charge in [-0.3, -0.25) is 0 Å². The van der Waals surface area contributed by atoms with Gasteiger partial charge in [0.15, 0.2) is 0 Å². The van der Waals surface area contributed by atoms with Crippen molar-refractivity contribution < 1.29 is 13.5 Å². The molecule has 0 unspecified atom stereocenters. The van der Waals surface area contributed by atoms with Gasteiger partial charge >= 0.3 is 0 Å². The quantitative estimate of drug-likeness (QED) is 0.720. The molecule has 0 aliphatic heterocycles. The van der Waals surface area contributed by atoms with Crippen LogP contribution in [0.25, 0.3) is 0 Å².